The maximum absolute atomic E-state index is 10.1. The van der Waals surface area contributed by atoms with Gasteiger partial charge in [-0.1, -0.05) is 0 Å². The van der Waals surface area contributed by atoms with Gasteiger partial charge in [-0.2, -0.15) is 0 Å². The molecule has 1 rings (SSSR count). The summed E-state index contributed by atoms with van der Waals surface area (Å²) in [5, 5.41) is 8.81. The van der Waals surface area contributed by atoms with E-state index < -0.39 is 0 Å². The van der Waals surface area contributed by atoms with E-state index >= 15 is 0 Å². The Kier molecular flexibility index (Phi) is 2.83. The van der Waals surface area contributed by atoms with Crippen LogP contribution in [-0.2, 0) is 4.79 Å². The van der Waals surface area contributed by atoms with Gasteiger partial charge in [-0.05, 0) is 19.4 Å². The Balaban J connectivity index is 2.34. The Bertz CT molecular complexity index is 116. The minimum Gasteiger partial charge on any atom is -0.395 e. The molecular formula is C7H13NO2. The molecule has 0 aromatic carbocycles. The molecule has 0 aromatic rings. The molecule has 1 atom stereocenters. The number of hydrogen-bond acceptors (Lipinski definition) is 3. The topological polar surface area (TPSA) is 40.5 Å². The number of likely N-dealkylation sites (tertiary alicyclic amines) is 1. The molecule has 1 aliphatic heterocycles. The van der Waals surface area contributed by atoms with E-state index in [2.05, 4.69) is 0 Å². The smallest absolute Gasteiger partial charge is 0.133 e. The fourth-order valence-corrected chi connectivity index (χ4v) is 1.44. The van der Waals surface area contributed by atoms with Crippen molar-refractivity contribution < 1.29 is 9.90 Å². The maximum Gasteiger partial charge on any atom is 0.133 e. The van der Waals surface area contributed by atoms with E-state index in [1.54, 1.807) is 0 Å². The van der Waals surface area contributed by atoms with Crippen LogP contribution >= 0.6 is 0 Å². The van der Waals surface area contributed by atoms with E-state index in [1.165, 1.54) is 0 Å². The molecule has 0 spiro atoms. The van der Waals surface area contributed by atoms with E-state index in [1.807, 2.05) is 4.90 Å². The van der Waals surface area contributed by atoms with Crippen molar-refractivity contribution in [3.05, 3.63) is 0 Å². The highest BCUT2D eigenvalue weighted by Crippen LogP contribution is 2.14. The van der Waals surface area contributed by atoms with Gasteiger partial charge in [0, 0.05) is 6.04 Å². The molecule has 0 aliphatic carbocycles. The van der Waals surface area contributed by atoms with Gasteiger partial charge in [-0.3, -0.25) is 4.90 Å². The minimum absolute atomic E-state index is 0.188. The van der Waals surface area contributed by atoms with Crippen LogP contribution < -0.4 is 0 Å². The molecule has 1 N–H and O–H groups in total. The van der Waals surface area contributed by atoms with Gasteiger partial charge in [0.05, 0.1) is 13.2 Å². The molecule has 10 heavy (non-hydrogen) atoms. The lowest BCUT2D eigenvalue weighted by Crippen LogP contribution is -2.33. The molecule has 0 radical (unpaired) electrons. The summed E-state index contributed by atoms with van der Waals surface area (Å²) in [6.07, 6.45) is 3.04. The lowest BCUT2D eigenvalue weighted by molar-refractivity contribution is -0.109. The highest BCUT2D eigenvalue weighted by molar-refractivity contribution is 5.52. The van der Waals surface area contributed by atoms with Crippen LogP contribution in [-0.4, -0.2) is 42.0 Å². The summed E-state index contributed by atoms with van der Waals surface area (Å²) in [5.41, 5.74) is 0. The summed E-state index contributed by atoms with van der Waals surface area (Å²) < 4.78 is 0. The third-order valence-corrected chi connectivity index (χ3v) is 2.02. The molecule has 0 aromatic heterocycles. The SMILES string of the molecule is O=CCN1CCCC1CO. The zero-order chi connectivity index (χ0) is 7.40. The van der Waals surface area contributed by atoms with Gasteiger partial charge in [0.2, 0.25) is 0 Å². The van der Waals surface area contributed by atoms with Gasteiger partial charge < -0.3 is 9.90 Å². The highest BCUT2D eigenvalue weighted by atomic mass is 16.3. The number of aliphatic hydroxyl groups excluding tert-OH is 1. The number of aldehydes is 1. The highest BCUT2D eigenvalue weighted by Gasteiger charge is 2.22. The molecule has 3 nitrogen and oxygen atoms in total. The van der Waals surface area contributed by atoms with E-state index in [0.717, 1.165) is 25.7 Å². The Morgan fingerprint density at radius 3 is 3.10 bits per heavy atom. The fourth-order valence-electron chi connectivity index (χ4n) is 1.44. The number of rotatable bonds is 3. The maximum atomic E-state index is 10.1. The molecule has 1 fully saturated rings. The first kappa shape index (κ1) is 7.69. The second-order valence-electron chi connectivity index (χ2n) is 2.64. The fraction of sp³-hybridized carbons (Fsp3) is 0.857. The summed E-state index contributed by atoms with van der Waals surface area (Å²) in [7, 11) is 0. The Morgan fingerprint density at radius 2 is 2.50 bits per heavy atom. The van der Waals surface area contributed by atoms with E-state index in [0.29, 0.717) is 6.54 Å². The second kappa shape index (κ2) is 3.68. The largest absolute Gasteiger partial charge is 0.395 e. The lowest BCUT2D eigenvalue weighted by Gasteiger charge is -2.18. The zero-order valence-corrected chi connectivity index (χ0v) is 5.99. The number of carbonyl (C=O) groups is 1. The molecule has 0 saturated carbocycles. The summed E-state index contributed by atoms with van der Waals surface area (Å²) >= 11 is 0. The average Bonchev–Trinajstić information content (AvgIpc) is 2.36. The van der Waals surface area contributed by atoms with Crippen LogP contribution in [0, 0.1) is 0 Å². The minimum atomic E-state index is 0.188. The number of carbonyl (C=O) groups excluding carboxylic acids is 1. The summed E-state index contributed by atoms with van der Waals surface area (Å²) in [5.74, 6) is 0. The van der Waals surface area contributed by atoms with Crippen molar-refractivity contribution in [3.8, 4) is 0 Å². The normalized spacial score (nSPS) is 27.1. The van der Waals surface area contributed by atoms with Crippen LogP contribution in [0.4, 0.5) is 0 Å². The molecular weight excluding hydrogens is 130 g/mol. The first-order valence-corrected chi connectivity index (χ1v) is 3.67. The van der Waals surface area contributed by atoms with Crippen molar-refractivity contribution in [2.24, 2.45) is 0 Å². The first-order valence-electron chi connectivity index (χ1n) is 3.67. The van der Waals surface area contributed by atoms with Crippen molar-refractivity contribution in [1.29, 1.82) is 0 Å². The van der Waals surface area contributed by atoms with Crippen LogP contribution in [0.3, 0.4) is 0 Å². The Labute approximate surface area is 60.6 Å². The summed E-state index contributed by atoms with van der Waals surface area (Å²) in [4.78, 5) is 12.1. The van der Waals surface area contributed by atoms with Crippen LogP contribution in [0.1, 0.15) is 12.8 Å². The average molecular weight is 143 g/mol. The predicted molar refractivity (Wildman–Crippen MR) is 37.7 cm³/mol. The van der Waals surface area contributed by atoms with Crippen LogP contribution in [0.15, 0.2) is 0 Å². The van der Waals surface area contributed by atoms with Gasteiger partial charge in [0.1, 0.15) is 6.29 Å². The van der Waals surface area contributed by atoms with Crippen molar-refractivity contribution in [1.82, 2.24) is 4.90 Å². The molecule has 3 heteroatoms. The standard InChI is InChI=1S/C7H13NO2/c9-5-4-8-3-1-2-7(8)6-10/h5,7,10H,1-4,6H2. The monoisotopic (exact) mass is 143 g/mol. The molecule has 1 saturated heterocycles. The summed E-state index contributed by atoms with van der Waals surface area (Å²) in [6, 6.07) is 0.241. The summed E-state index contributed by atoms with van der Waals surface area (Å²) in [6.45, 7) is 1.63. The Morgan fingerprint density at radius 1 is 1.70 bits per heavy atom. The van der Waals surface area contributed by atoms with Crippen molar-refractivity contribution in [3.63, 3.8) is 0 Å². The predicted octanol–water partition coefficient (Wildman–Crippen LogP) is -0.358. The van der Waals surface area contributed by atoms with Gasteiger partial charge >= 0.3 is 0 Å². The molecule has 1 heterocycles. The second-order valence-corrected chi connectivity index (χ2v) is 2.64. The van der Waals surface area contributed by atoms with Crippen molar-refractivity contribution in [2.75, 3.05) is 19.7 Å². The van der Waals surface area contributed by atoms with Gasteiger partial charge in [-0.15, -0.1) is 0 Å². The third kappa shape index (κ3) is 1.55. The number of nitrogens with zero attached hydrogens (tertiary/aromatic N) is 1. The van der Waals surface area contributed by atoms with Crippen LogP contribution in [0.5, 0.6) is 0 Å². The molecule has 1 aliphatic rings. The zero-order valence-electron chi connectivity index (χ0n) is 5.99. The first-order chi connectivity index (χ1) is 4.88. The quantitative estimate of drug-likeness (QED) is 0.548. The molecule has 1 unspecified atom stereocenters. The van der Waals surface area contributed by atoms with Crippen molar-refractivity contribution >= 4 is 6.29 Å². The van der Waals surface area contributed by atoms with Gasteiger partial charge in [0.15, 0.2) is 0 Å². The van der Waals surface area contributed by atoms with Gasteiger partial charge in [0.25, 0.3) is 0 Å². The van der Waals surface area contributed by atoms with E-state index in [-0.39, 0.29) is 12.6 Å². The lowest BCUT2D eigenvalue weighted by atomic mass is 10.2. The molecule has 58 valence electrons. The Hall–Kier alpha value is -0.410. The molecule has 0 amide bonds. The third-order valence-electron chi connectivity index (χ3n) is 2.02. The van der Waals surface area contributed by atoms with Gasteiger partial charge in [-0.25, -0.2) is 0 Å². The number of hydrogen-bond donors (Lipinski definition) is 1. The number of aliphatic hydroxyl groups is 1. The van der Waals surface area contributed by atoms with E-state index in [9.17, 15) is 4.79 Å². The van der Waals surface area contributed by atoms with Crippen molar-refractivity contribution in [2.45, 2.75) is 18.9 Å². The molecule has 0 bridgehead atoms. The van der Waals surface area contributed by atoms with Crippen LogP contribution in [0.2, 0.25) is 0 Å². The van der Waals surface area contributed by atoms with E-state index in [4.69, 9.17) is 5.11 Å². The van der Waals surface area contributed by atoms with Crippen LogP contribution in [0.25, 0.3) is 0 Å².